The quantitative estimate of drug-likeness (QED) is 0.712. The molecule has 0 aliphatic heterocycles. The summed E-state index contributed by atoms with van der Waals surface area (Å²) in [6.45, 7) is 5.79. The van der Waals surface area contributed by atoms with Gasteiger partial charge in [0.15, 0.2) is 0 Å². The molecule has 22 heavy (non-hydrogen) atoms. The Balaban J connectivity index is 1.79. The Morgan fingerprint density at radius 1 is 1.27 bits per heavy atom. The van der Waals surface area contributed by atoms with Gasteiger partial charge in [0.25, 0.3) is 0 Å². The van der Waals surface area contributed by atoms with Gasteiger partial charge in [0, 0.05) is 12.6 Å². The van der Waals surface area contributed by atoms with E-state index in [1.54, 1.807) is 0 Å². The Bertz CT molecular complexity index is 466. The fraction of sp³-hybridized carbons (Fsp3) is 0.611. The van der Waals surface area contributed by atoms with Crippen LogP contribution in [0.3, 0.4) is 0 Å². The predicted octanol–water partition coefficient (Wildman–Crippen LogP) is 3.15. The van der Waals surface area contributed by atoms with E-state index in [1.807, 2.05) is 12.1 Å². The molecule has 4 nitrogen and oxygen atoms in total. The number of rotatable bonds is 9. The molecule has 1 N–H and O–H groups in total. The molecule has 1 aromatic carbocycles. The highest BCUT2D eigenvalue weighted by atomic mass is 16.5. The summed E-state index contributed by atoms with van der Waals surface area (Å²) in [5.41, 5.74) is 1.19. The summed E-state index contributed by atoms with van der Waals surface area (Å²) in [6, 6.07) is 8.31. The van der Waals surface area contributed by atoms with Crippen LogP contribution in [0.15, 0.2) is 24.3 Å². The van der Waals surface area contributed by atoms with Crippen molar-refractivity contribution >= 4 is 5.97 Å². The normalized spacial score (nSPS) is 15.6. The monoisotopic (exact) mass is 305 g/mol. The van der Waals surface area contributed by atoms with Crippen LogP contribution in [-0.4, -0.2) is 25.7 Å². The minimum atomic E-state index is -0.171. The Hall–Kier alpha value is -1.55. The van der Waals surface area contributed by atoms with Gasteiger partial charge in [0.05, 0.1) is 20.1 Å². The largest absolute Gasteiger partial charge is 0.493 e. The zero-order valence-electron chi connectivity index (χ0n) is 13.8. The van der Waals surface area contributed by atoms with Gasteiger partial charge in [0.1, 0.15) is 5.75 Å². The minimum Gasteiger partial charge on any atom is -0.493 e. The Kier molecular flexibility index (Phi) is 6.25. The van der Waals surface area contributed by atoms with Crippen molar-refractivity contribution in [2.45, 2.75) is 45.7 Å². The molecule has 1 fully saturated rings. The molecule has 0 unspecified atom stereocenters. The fourth-order valence-electron chi connectivity index (χ4n) is 2.26. The minimum absolute atomic E-state index is 0.123. The van der Waals surface area contributed by atoms with Gasteiger partial charge in [0.2, 0.25) is 0 Å². The van der Waals surface area contributed by atoms with Crippen LogP contribution >= 0.6 is 0 Å². The van der Waals surface area contributed by atoms with E-state index in [4.69, 9.17) is 9.47 Å². The number of carbonyl (C=O) groups is 1. The van der Waals surface area contributed by atoms with E-state index < -0.39 is 0 Å². The van der Waals surface area contributed by atoms with Crippen LogP contribution in [0.2, 0.25) is 0 Å². The van der Waals surface area contributed by atoms with Crippen LogP contribution in [-0.2, 0) is 16.1 Å². The molecule has 1 aliphatic rings. The molecule has 0 heterocycles. The zero-order valence-corrected chi connectivity index (χ0v) is 13.8. The number of hydrogen-bond acceptors (Lipinski definition) is 4. The van der Waals surface area contributed by atoms with E-state index in [0.717, 1.165) is 24.8 Å². The molecular formula is C18H27NO3. The number of benzene rings is 1. The van der Waals surface area contributed by atoms with Crippen molar-refractivity contribution in [3.05, 3.63) is 29.8 Å². The van der Waals surface area contributed by atoms with Crippen molar-refractivity contribution in [2.24, 2.45) is 11.8 Å². The summed E-state index contributed by atoms with van der Waals surface area (Å²) in [6.07, 6.45) is 3.01. The molecule has 1 saturated carbocycles. The van der Waals surface area contributed by atoms with Crippen molar-refractivity contribution in [1.29, 1.82) is 0 Å². The first-order valence-electron chi connectivity index (χ1n) is 8.10. The third kappa shape index (κ3) is 5.68. The zero-order chi connectivity index (χ0) is 15.9. The van der Waals surface area contributed by atoms with Crippen LogP contribution < -0.4 is 10.1 Å². The van der Waals surface area contributed by atoms with Crippen molar-refractivity contribution in [1.82, 2.24) is 5.32 Å². The van der Waals surface area contributed by atoms with Gasteiger partial charge in [-0.15, -0.1) is 0 Å². The predicted molar refractivity (Wildman–Crippen MR) is 86.8 cm³/mol. The van der Waals surface area contributed by atoms with E-state index >= 15 is 0 Å². The summed E-state index contributed by atoms with van der Waals surface area (Å²) in [7, 11) is 1.43. The van der Waals surface area contributed by atoms with Crippen LogP contribution in [0.4, 0.5) is 0 Å². The third-order valence-electron chi connectivity index (χ3n) is 4.09. The SMILES string of the molecule is COC(=O)C[C@H](NCc1ccc(OCC2CC2)cc1)C(C)C. The number of ether oxygens (including phenoxy) is 2. The molecule has 0 radical (unpaired) electrons. The second-order valence-corrected chi connectivity index (χ2v) is 6.41. The first-order chi connectivity index (χ1) is 10.6. The van der Waals surface area contributed by atoms with Crippen LogP contribution in [0.1, 0.15) is 38.7 Å². The number of carbonyl (C=O) groups excluding carboxylic acids is 1. The second-order valence-electron chi connectivity index (χ2n) is 6.41. The van der Waals surface area contributed by atoms with Gasteiger partial charge in [-0.3, -0.25) is 4.79 Å². The van der Waals surface area contributed by atoms with Gasteiger partial charge in [-0.1, -0.05) is 26.0 Å². The molecule has 2 rings (SSSR count). The van der Waals surface area contributed by atoms with Crippen LogP contribution in [0.5, 0.6) is 5.75 Å². The lowest BCUT2D eigenvalue weighted by atomic mass is 10.0. The maximum absolute atomic E-state index is 11.4. The highest BCUT2D eigenvalue weighted by Gasteiger charge is 2.21. The molecule has 1 aliphatic carbocycles. The highest BCUT2D eigenvalue weighted by Crippen LogP contribution is 2.29. The van der Waals surface area contributed by atoms with Gasteiger partial charge in [-0.25, -0.2) is 0 Å². The highest BCUT2D eigenvalue weighted by molar-refractivity contribution is 5.69. The Morgan fingerprint density at radius 2 is 1.95 bits per heavy atom. The Labute approximate surface area is 133 Å². The van der Waals surface area contributed by atoms with Crippen molar-refractivity contribution in [3.8, 4) is 5.75 Å². The lowest BCUT2D eigenvalue weighted by Gasteiger charge is -2.21. The van der Waals surface area contributed by atoms with E-state index in [9.17, 15) is 4.79 Å². The van der Waals surface area contributed by atoms with E-state index in [1.165, 1.54) is 25.5 Å². The standard InChI is InChI=1S/C18H27NO3/c1-13(2)17(10-18(20)21-3)19-11-14-6-8-16(9-7-14)22-12-15-4-5-15/h6-9,13,15,17,19H,4-5,10-12H2,1-3H3/t17-/m0/s1. The molecule has 0 bridgehead atoms. The summed E-state index contributed by atoms with van der Waals surface area (Å²) < 4.78 is 10.5. The van der Waals surface area contributed by atoms with Gasteiger partial charge in [-0.2, -0.15) is 0 Å². The number of esters is 1. The molecule has 1 atom stereocenters. The van der Waals surface area contributed by atoms with Crippen LogP contribution in [0, 0.1) is 11.8 Å². The summed E-state index contributed by atoms with van der Waals surface area (Å²) in [4.78, 5) is 11.4. The van der Waals surface area contributed by atoms with E-state index in [-0.39, 0.29) is 12.0 Å². The van der Waals surface area contributed by atoms with Crippen molar-refractivity contribution in [2.75, 3.05) is 13.7 Å². The lowest BCUT2D eigenvalue weighted by molar-refractivity contribution is -0.141. The fourth-order valence-corrected chi connectivity index (χ4v) is 2.26. The van der Waals surface area contributed by atoms with Gasteiger partial charge in [-0.05, 0) is 42.4 Å². The molecule has 1 aromatic rings. The average molecular weight is 305 g/mol. The number of hydrogen-bond donors (Lipinski definition) is 1. The summed E-state index contributed by atoms with van der Waals surface area (Å²) in [5, 5.41) is 3.44. The van der Waals surface area contributed by atoms with Crippen molar-refractivity contribution in [3.63, 3.8) is 0 Å². The van der Waals surface area contributed by atoms with Gasteiger partial charge >= 0.3 is 5.97 Å². The van der Waals surface area contributed by atoms with Crippen molar-refractivity contribution < 1.29 is 14.3 Å². The molecular weight excluding hydrogens is 278 g/mol. The topological polar surface area (TPSA) is 47.6 Å². The molecule has 0 amide bonds. The maximum Gasteiger partial charge on any atom is 0.307 e. The third-order valence-corrected chi connectivity index (χ3v) is 4.09. The average Bonchev–Trinajstić information content (AvgIpc) is 3.34. The number of methoxy groups -OCH3 is 1. The smallest absolute Gasteiger partial charge is 0.307 e. The van der Waals surface area contributed by atoms with Crippen LogP contribution in [0.25, 0.3) is 0 Å². The lowest BCUT2D eigenvalue weighted by Crippen LogP contribution is -2.35. The van der Waals surface area contributed by atoms with Gasteiger partial charge < -0.3 is 14.8 Å². The molecule has 0 saturated heterocycles. The van der Waals surface area contributed by atoms with E-state index in [2.05, 4.69) is 31.3 Å². The maximum atomic E-state index is 11.4. The first kappa shape index (κ1) is 16.8. The summed E-state index contributed by atoms with van der Waals surface area (Å²) >= 11 is 0. The molecule has 0 spiro atoms. The molecule has 122 valence electrons. The summed E-state index contributed by atoms with van der Waals surface area (Å²) in [5.74, 6) is 1.91. The Morgan fingerprint density at radius 3 is 2.50 bits per heavy atom. The molecule has 0 aromatic heterocycles. The second kappa shape index (κ2) is 8.18. The number of nitrogens with one attached hydrogen (secondary N) is 1. The van der Waals surface area contributed by atoms with E-state index in [0.29, 0.717) is 12.3 Å². The molecule has 4 heteroatoms. The first-order valence-corrected chi connectivity index (χ1v) is 8.10.